The minimum Gasteiger partial charge on any atom is -0.496 e. The van der Waals surface area contributed by atoms with E-state index in [1.54, 1.807) is 18.2 Å². The second-order valence-electron chi connectivity index (χ2n) is 4.13. The average molecular weight is 275 g/mol. The zero-order valence-corrected chi connectivity index (χ0v) is 11.1. The Bertz CT molecular complexity index is 656. The molecule has 0 aliphatic rings. The Kier molecular flexibility index (Phi) is 3.89. The quantitative estimate of drug-likeness (QED) is 0.688. The number of anilines is 1. The normalized spacial score (nSPS) is 10.2. The van der Waals surface area contributed by atoms with Crippen LogP contribution in [0.4, 0.5) is 10.1 Å². The van der Waals surface area contributed by atoms with Crippen LogP contribution in [-0.4, -0.2) is 20.0 Å². The first kappa shape index (κ1) is 13.9. The van der Waals surface area contributed by atoms with Crippen molar-refractivity contribution < 1.29 is 18.7 Å². The standard InChI is InChI=1S/C15H14FNO3/c1-19-13-6-3-9(16)7-12(13)15(18)11-5-4-10(17)8-14(11)20-2/h3-8H,17H2,1-2H3. The third-order valence-corrected chi connectivity index (χ3v) is 2.88. The van der Waals surface area contributed by atoms with Crippen molar-refractivity contribution in [1.82, 2.24) is 0 Å². The number of ether oxygens (including phenoxy) is 2. The van der Waals surface area contributed by atoms with Crippen molar-refractivity contribution in [3.8, 4) is 11.5 Å². The first-order chi connectivity index (χ1) is 9.56. The Labute approximate surface area is 115 Å². The Morgan fingerprint density at radius 2 is 1.70 bits per heavy atom. The lowest BCUT2D eigenvalue weighted by atomic mass is 10.0. The van der Waals surface area contributed by atoms with Gasteiger partial charge in [-0.3, -0.25) is 4.79 Å². The van der Waals surface area contributed by atoms with Gasteiger partial charge in [-0.15, -0.1) is 0 Å². The number of halogens is 1. The molecule has 0 saturated heterocycles. The van der Waals surface area contributed by atoms with Gasteiger partial charge >= 0.3 is 0 Å². The number of hydrogen-bond donors (Lipinski definition) is 1. The molecule has 0 fully saturated rings. The van der Waals surface area contributed by atoms with Crippen molar-refractivity contribution in [2.24, 2.45) is 0 Å². The topological polar surface area (TPSA) is 61.5 Å². The van der Waals surface area contributed by atoms with Gasteiger partial charge in [-0.05, 0) is 30.3 Å². The molecule has 0 saturated carbocycles. The molecule has 2 N–H and O–H groups in total. The molecule has 0 unspecified atom stereocenters. The molecule has 104 valence electrons. The summed E-state index contributed by atoms with van der Waals surface area (Å²) in [6.07, 6.45) is 0. The minimum absolute atomic E-state index is 0.135. The number of methoxy groups -OCH3 is 2. The summed E-state index contributed by atoms with van der Waals surface area (Å²) in [7, 11) is 2.86. The Balaban J connectivity index is 2.54. The molecule has 0 aromatic heterocycles. The van der Waals surface area contributed by atoms with Gasteiger partial charge in [0.15, 0.2) is 0 Å². The van der Waals surface area contributed by atoms with Crippen LogP contribution in [0.25, 0.3) is 0 Å². The molecule has 0 aliphatic heterocycles. The van der Waals surface area contributed by atoms with Crippen molar-refractivity contribution in [2.45, 2.75) is 0 Å². The average Bonchev–Trinajstić information content (AvgIpc) is 2.46. The van der Waals surface area contributed by atoms with Crippen molar-refractivity contribution in [1.29, 1.82) is 0 Å². The lowest BCUT2D eigenvalue weighted by molar-refractivity contribution is 0.103. The van der Waals surface area contributed by atoms with Gasteiger partial charge in [-0.25, -0.2) is 4.39 Å². The molecule has 5 heteroatoms. The summed E-state index contributed by atoms with van der Waals surface area (Å²) in [4.78, 5) is 12.5. The third kappa shape index (κ3) is 2.56. The van der Waals surface area contributed by atoms with Gasteiger partial charge in [0.1, 0.15) is 17.3 Å². The second kappa shape index (κ2) is 5.61. The maximum absolute atomic E-state index is 13.3. The fraction of sp³-hybridized carbons (Fsp3) is 0.133. The van der Waals surface area contributed by atoms with E-state index >= 15 is 0 Å². The lowest BCUT2D eigenvalue weighted by Gasteiger charge is -2.11. The highest BCUT2D eigenvalue weighted by Crippen LogP contribution is 2.28. The van der Waals surface area contributed by atoms with Gasteiger partial charge < -0.3 is 15.2 Å². The smallest absolute Gasteiger partial charge is 0.200 e. The molecule has 0 amide bonds. The van der Waals surface area contributed by atoms with E-state index in [1.165, 1.54) is 26.4 Å². The molecule has 2 aromatic rings. The number of hydrogen-bond acceptors (Lipinski definition) is 4. The number of ketones is 1. The molecular formula is C15H14FNO3. The predicted octanol–water partition coefficient (Wildman–Crippen LogP) is 2.66. The van der Waals surface area contributed by atoms with Crippen molar-refractivity contribution >= 4 is 11.5 Å². The summed E-state index contributed by atoms with van der Waals surface area (Å²) in [6.45, 7) is 0. The molecule has 0 radical (unpaired) electrons. The van der Waals surface area contributed by atoms with E-state index in [9.17, 15) is 9.18 Å². The summed E-state index contributed by atoms with van der Waals surface area (Å²) in [5.74, 6) is -0.265. The number of carbonyl (C=O) groups is 1. The Morgan fingerprint density at radius 3 is 2.35 bits per heavy atom. The molecule has 0 atom stereocenters. The van der Waals surface area contributed by atoms with Crippen LogP contribution in [0.2, 0.25) is 0 Å². The van der Waals surface area contributed by atoms with Crippen molar-refractivity contribution in [3.05, 3.63) is 53.3 Å². The Morgan fingerprint density at radius 1 is 1.00 bits per heavy atom. The highest BCUT2D eigenvalue weighted by molar-refractivity contribution is 6.12. The van der Waals surface area contributed by atoms with Crippen LogP contribution < -0.4 is 15.2 Å². The van der Waals surface area contributed by atoms with E-state index in [2.05, 4.69) is 0 Å². The third-order valence-electron chi connectivity index (χ3n) is 2.88. The summed E-state index contributed by atoms with van der Waals surface area (Å²) >= 11 is 0. The van der Waals surface area contributed by atoms with Crippen LogP contribution in [0.1, 0.15) is 15.9 Å². The fourth-order valence-corrected chi connectivity index (χ4v) is 1.90. The van der Waals surface area contributed by atoms with Crippen LogP contribution in [0.5, 0.6) is 11.5 Å². The van der Waals surface area contributed by atoms with Crippen molar-refractivity contribution in [2.75, 3.05) is 20.0 Å². The van der Waals surface area contributed by atoms with Gasteiger partial charge in [-0.2, -0.15) is 0 Å². The zero-order chi connectivity index (χ0) is 14.7. The molecule has 0 spiro atoms. The molecule has 4 nitrogen and oxygen atoms in total. The zero-order valence-electron chi connectivity index (χ0n) is 11.1. The van der Waals surface area contributed by atoms with Crippen LogP contribution in [0.15, 0.2) is 36.4 Å². The summed E-state index contributed by atoms with van der Waals surface area (Å²) < 4.78 is 23.6. The first-order valence-electron chi connectivity index (χ1n) is 5.88. The summed E-state index contributed by atoms with van der Waals surface area (Å²) in [5.41, 5.74) is 6.55. The highest BCUT2D eigenvalue weighted by atomic mass is 19.1. The number of nitrogens with two attached hydrogens (primary N) is 1. The number of benzene rings is 2. The van der Waals surface area contributed by atoms with Gasteiger partial charge in [-0.1, -0.05) is 0 Å². The highest BCUT2D eigenvalue weighted by Gasteiger charge is 2.19. The minimum atomic E-state index is -0.511. The summed E-state index contributed by atoms with van der Waals surface area (Å²) in [6, 6.07) is 8.44. The Hall–Kier alpha value is -2.56. The molecular weight excluding hydrogens is 261 g/mol. The molecule has 2 rings (SSSR count). The van der Waals surface area contributed by atoms with Gasteiger partial charge in [0, 0.05) is 11.8 Å². The van der Waals surface area contributed by atoms with E-state index < -0.39 is 11.6 Å². The maximum atomic E-state index is 13.3. The van der Waals surface area contributed by atoms with E-state index in [1.807, 2.05) is 0 Å². The monoisotopic (exact) mass is 275 g/mol. The molecule has 20 heavy (non-hydrogen) atoms. The van der Waals surface area contributed by atoms with Crippen LogP contribution in [0, 0.1) is 5.82 Å². The maximum Gasteiger partial charge on any atom is 0.200 e. The molecule has 0 aliphatic carbocycles. The van der Waals surface area contributed by atoms with E-state index in [4.69, 9.17) is 15.2 Å². The SMILES string of the molecule is COc1cc(N)ccc1C(=O)c1cc(F)ccc1OC. The summed E-state index contributed by atoms with van der Waals surface area (Å²) in [5, 5.41) is 0. The largest absolute Gasteiger partial charge is 0.496 e. The molecule has 2 aromatic carbocycles. The second-order valence-corrected chi connectivity index (χ2v) is 4.13. The van der Waals surface area contributed by atoms with E-state index in [0.29, 0.717) is 22.7 Å². The van der Waals surface area contributed by atoms with Gasteiger partial charge in [0.05, 0.1) is 25.3 Å². The first-order valence-corrected chi connectivity index (χ1v) is 5.88. The van der Waals surface area contributed by atoms with Crippen molar-refractivity contribution in [3.63, 3.8) is 0 Å². The molecule has 0 heterocycles. The lowest BCUT2D eigenvalue weighted by Crippen LogP contribution is -2.07. The van der Waals surface area contributed by atoms with E-state index in [0.717, 1.165) is 6.07 Å². The fourth-order valence-electron chi connectivity index (χ4n) is 1.90. The molecule has 0 bridgehead atoms. The van der Waals surface area contributed by atoms with Crippen LogP contribution in [0.3, 0.4) is 0 Å². The predicted molar refractivity (Wildman–Crippen MR) is 73.8 cm³/mol. The van der Waals surface area contributed by atoms with Crippen LogP contribution in [-0.2, 0) is 0 Å². The van der Waals surface area contributed by atoms with Gasteiger partial charge in [0.2, 0.25) is 5.78 Å². The number of rotatable bonds is 4. The van der Waals surface area contributed by atoms with Gasteiger partial charge in [0.25, 0.3) is 0 Å². The van der Waals surface area contributed by atoms with Crippen LogP contribution >= 0.6 is 0 Å². The number of carbonyl (C=O) groups excluding carboxylic acids is 1. The number of nitrogen functional groups attached to an aromatic ring is 1. The van der Waals surface area contributed by atoms with E-state index in [-0.39, 0.29) is 5.56 Å².